The van der Waals surface area contributed by atoms with Gasteiger partial charge in [0.2, 0.25) is 5.91 Å². The molecule has 0 bridgehead atoms. The van der Waals surface area contributed by atoms with Crippen molar-refractivity contribution >= 4 is 16.9 Å². The van der Waals surface area contributed by atoms with Crippen LogP contribution < -0.4 is 15.4 Å². The summed E-state index contributed by atoms with van der Waals surface area (Å²) in [6.45, 7) is 5.69. The van der Waals surface area contributed by atoms with Crippen LogP contribution in [0.3, 0.4) is 0 Å². The third kappa shape index (κ3) is 3.98. The van der Waals surface area contributed by atoms with Crippen LogP contribution in [0.15, 0.2) is 28.7 Å². The molecule has 21 heavy (non-hydrogen) atoms. The summed E-state index contributed by atoms with van der Waals surface area (Å²) in [4.78, 5) is 11.4. The monoisotopic (exact) mass is 290 g/mol. The van der Waals surface area contributed by atoms with Crippen LogP contribution in [0.5, 0.6) is 5.75 Å². The van der Waals surface area contributed by atoms with Gasteiger partial charge in [-0.15, -0.1) is 0 Å². The van der Waals surface area contributed by atoms with Crippen molar-refractivity contribution in [1.29, 1.82) is 0 Å². The van der Waals surface area contributed by atoms with E-state index in [1.165, 1.54) is 0 Å². The van der Waals surface area contributed by atoms with E-state index in [9.17, 15) is 4.79 Å². The summed E-state index contributed by atoms with van der Waals surface area (Å²) >= 11 is 0. The third-order valence-electron chi connectivity index (χ3n) is 3.20. The van der Waals surface area contributed by atoms with Crippen molar-refractivity contribution < 1.29 is 13.9 Å². The van der Waals surface area contributed by atoms with Crippen LogP contribution in [0.4, 0.5) is 0 Å². The Bertz CT molecular complexity index is 605. The first-order valence-corrected chi connectivity index (χ1v) is 7.15. The first-order valence-electron chi connectivity index (χ1n) is 7.15. The van der Waals surface area contributed by atoms with Gasteiger partial charge in [-0.05, 0) is 12.1 Å². The van der Waals surface area contributed by atoms with E-state index in [0.717, 1.165) is 22.5 Å². The number of carbonyl (C=O) groups is 1. The van der Waals surface area contributed by atoms with Crippen LogP contribution in [0.25, 0.3) is 11.0 Å². The lowest BCUT2D eigenvalue weighted by atomic mass is 10.2. The number of ether oxygens (including phenoxy) is 1. The molecule has 0 fully saturated rings. The fourth-order valence-corrected chi connectivity index (χ4v) is 2.03. The number of fused-ring (bicyclic) bond motifs is 1. The van der Waals surface area contributed by atoms with Gasteiger partial charge in [0.1, 0.15) is 5.76 Å². The fraction of sp³-hybridized carbons (Fsp3) is 0.438. The summed E-state index contributed by atoms with van der Waals surface area (Å²) in [6, 6.07) is 7.81. The maximum absolute atomic E-state index is 11.4. The van der Waals surface area contributed by atoms with E-state index in [4.69, 9.17) is 9.15 Å². The van der Waals surface area contributed by atoms with E-state index in [1.807, 2.05) is 38.1 Å². The van der Waals surface area contributed by atoms with Crippen molar-refractivity contribution in [2.45, 2.75) is 20.4 Å². The van der Waals surface area contributed by atoms with E-state index < -0.39 is 0 Å². The molecule has 0 radical (unpaired) electrons. The molecule has 0 aliphatic heterocycles. The van der Waals surface area contributed by atoms with Gasteiger partial charge in [-0.2, -0.15) is 0 Å². The lowest BCUT2D eigenvalue weighted by molar-refractivity contribution is -0.123. The van der Waals surface area contributed by atoms with E-state index in [2.05, 4.69) is 10.6 Å². The number of para-hydroxylation sites is 1. The van der Waals surface area contributed by atoms with Gasteiger partial charge in [0.15, 0.2) is 11.3 Å². The van der Waals surface area contributed by atoms with Crippen molar-refractivity contribution in [3.63, 3.8) is 0 Å². The molecule has 2 aromatic rings. The molecule has 2 rings (SSSR count). The summed E-state index contributed by atoms with van der Waals surface area (Å²) in [5, 5.41) is 7.13. The molecule has 0 unspecified atom stereocenters. The number of nitrogens with one attached hydrogen (secondary N) is 2. The summed E-state index contributed by atoms with van der Waals surface area (Å²) < 4.78 is 11.1. The Kier molecular flexibility index (Phi) is 5.22. The number of hydrogen-bond donors (Lipinski definition) is 2. The molecule has 2 N–H and O–H groups in total. The van der Waals surface area contributed by atoms with Gasteiger partial charge < -0.3 is 19.8 Å². The molecule has 114 valence electrons. The molecule has 5 heteroatoms. The standard InChI is InChI=1S/C16H22N2O3/c1-11(2)16(19)18-8-7-17-10-13-9-12-5-4-6-14(20-3)15(12)21-13/h4-6,9,11,17H,7-8,10H2,1-3H3,(H,18,19). The Morgan fingerprint density at radius 3 is 2.86 bits per heavy atom. The van der Waals surface area contributed by atoms with Gasteiger partial charge in [-0.25, -0.2) is 0 Å². The highest BCUT2D eigenvalue weighted by Gasteiger charge is 2.08. The molecule has 0 saturated heterocycles. The largest absolute Gasteiger partial charge is 0.493 e. The average Bonchev–Trinajstić information content (AvgIpc) is 2.89. The minimum Gasteiger partial charge on any atom is -0.493 e. The number of methoxy groups -OCH3 is 1. The van der Waals surface area contributed by atoms with Crippen molar-refractivity contribution in [2.24, 2.45) is 5.92 Å². The highest BCUT2D eigenvalue weighted by molar-refractivity contribution is 5.83. The minimum absolute atomic E-state index is 0.0211. The van der Waals surface area contributed by atoms with Crippen LogP contribution in [-0.2, 0) is 11.3 Å². The van der Waals surface area contributed by atoms with Gasteiger partial charge >= 0.3 is 0 Å². The van der Waals surface area contributed by atoms with E-state index in [-0.39, 0.29) is 11.8 Å². The van der Waals surface area contributed by atoms with E-state index in [0.29, 0.717) is 19.6 Å². The maximum Gasteiger partial charge on any atom is 0.222 e. The lowest BCUT2D eigenvalue weighted by Gasteiger charge is -2.07. The van der Waals surface area contributed by atoms with Crippen molar-refractivity contribution in [2.75, 3.05) is 20.2 Å². The van der Waals surface area contributed by atoms with Crippen LogP contribution in [0.1, 0.15) is 19.6 Å². The molecule has 1 heterocycles. The minimum atomic E-state index is 0.0211. The van der Waals surface area contributed by atoms with Crippen LogP contribution in [0, 0.1) is 5.92 Å². The first kappa shape index (κ1) is 15.4. The van der Waals surface area contributed by atoms with Crippen molar-refractivity contribution in [3.05, 3.63) is 30.0 Å². The molecule has 0 aliphatic carbocycles. The van der Waals surface area contributed by atoms with Crippen LogP contribution in [-0.4, -0.2) is 26.1 Å². The molecule has 0 spiro atoms. The number of furan rings is 1. The second-order valence-corrected chi connectivity index (χ2v) is 5.21. The Morgan fingerprint density at radius 1 is 1.33 bits per heavy atom. The molecular weight excluding hydrogens is 268 g/mol. The highest BCUT2D eigenvalue weighted by Crippen LogP contribution is 2.28. The van der Waals surface area contributed by atoms with Gasteiger partial charge in [-0.3, -0.25) is 4.79 Å². The summed E-state index contributed by atoms with van der Waals surface area (Å²) in [6.07, 6.45) is 0. The Hall–Kier alpha value is -2.01. The van der Waals surface area contributed by atoms with E-state index >= 15 is 0 Å². The second-order valence-electron chi connectivity index (χ2n) is 5.21. The summed E-state index contributed by atoms with van der Waals surface area (Å²) in [7, 11) is 1.63. The Labute approximate surface area is 124 Å². The second kappa shape index (κ2) is 7.13. The molecule has 0 aliphatic rings. The fourth-order valence-electron chi connectivity index (χ4n) is 2.03. The molecule has 1 aromatic carbocycles. The normalized spacial score (nSPS) is 11.0. The number of rotatable bonds is 7. The smallest absolute Gasteiger partial charge is 0.222 e. The molecule has 0 atom stereocenters. The zero-order chi connectivity index (χ0) is 15.2. The van der Waals surface area contributed by atoms with Crippen LogP contribution in [0.2, 0.25) is 0 Å². The van der Waals surface area contributed by atoms with Gasteiger partial charge in [0, 0.05) is 24.4 Å². The predicted octanol–water partition coefficient (Wildman–Crippen LogP) is 2.30. The summed E-state index contributed by atoms with van der Waals surface area (Å²) in [5.41, 5.74) is 0.768. The van der Waals surface area contributed by atoms with Gasteiger partial charge in [0.05, 0.1) is 13.7 Å². The number of carbonyl (C=O) groups excluding carboxylic acids is 1. The zero-order valence-electron chi connectivity index (χ0n) is 12.7. The highest BCUT2D eigenvalue weighted by atomic mass is 16.5. The van der Waals surface area contributed by atoms with Gasteiger partial charge in [-0.1, -0.05) is 26.0 Å². The van der Waals surface area contributed by atoms with Crippen LogP contribution >= 0.6 is 0 Å². The topological polar surface area (TPSA) is 63.5 Å². The Morgan fingerprint density at radius 2 is 2.14 bits per heavy atom. The average molecular weight is 290 g/mol. The number of amides is 1. The SMILES string of the molecule is COc1cccc2cc(CNCCNC(=O)C(C)C)oc12. The quantitative estimate of drug-likeness (QED) is 0.768. The third-order valence-corrected chi connectivity index (χ3v) is 3.20. The molecular formula is C16H22N2O3. The maximum atomic E-state index is 11.4. The molecule has 1 aromatic heterocycles. The number of benzene rings is 1. The molecule has 0 saturated carbocycles. The number of hydrogen-bond acceptors (Lipinski definition) is 4. The summed E-state index contributed by atoms with van der Waals surface area (Å²) in [5.74, 6) is 1.69. The first-order chi connectivity index (χ1) is 10.1. The molecule has 1 amide bonds. The zero-order valence-corrected chi connectivity index (χ0v) is 12.7. The van der Waals surface area contributed by atoms with Gasteiger partial charge in [0.25, 0.3) is 0 Å². The predicted molar refractivity (Wildman–Crippen MR) is 82.3 cm³/mol. The van der Waals surface area contributed by atoms with E-state index in [1.54, 1.807) is 7.11 Å². The van der Waals surface area contributed by atoms with Crippen molar-refractivity contribution in [3.8, 4) is 5.75 Å². The Balaban J connectivity index is 1.83. The lowest BCUT2D eigenvalue weighted by Crippen LogP contribution is -2.34. The van der Waals surface area contributed by atoms with Crippen molar-refractivity contribution in [1.82, 2.24) is 10.6 Å². The molecule has 5 nitrogen and oxygen atoms in total.